The fourth-order valence-electron chi connectivity index (χ4n) is 5.03. The van der Waals surface area contributed by atoms with Gasteiger partial charge in [0.25, 0.3) is 11.1 Å². The van der Waals surface area contributed by atoms with Crippen LogP contribution in [0.4, 0.5) is 4.39 Å². The molecule has 1 atom stereocenters. The molecular weight excluding hydrogens is 409 g/mol. The number of hydrogen-bond donors (Lipinski definition) is 1. The molecule has 2 aliphatic rings. The molecular formula is C24H28FN5O2. The third-order valence-electron chi connectivity index (χ3n) is 6.78. The van der Waals surface area contributed by atoms with Crippen LogP contribution in [0.15, 0.2) is 46.1 Å². The van der Waals surface area contributed by atoms with E-state index in [-0.39, 0.29) is 23.0 Å². The van der Waals surface area contributed by atoms with Gasteiger partial charge in [0, 0.05) is 49.4 Å². The minimum absolute atomic E-state index is 0.0306. The highest BCUT2D eigenvalue weighted by molar-refractivity contribution is 5.76. The smallest absolute Gasteiger partial charge is 0.252 e. The zero-order valence-corrected chi connectivity index (χ0v) is 18.3. The van der Waals surface area contributed by atoms with E-state index in [1.165, 1.54) is 0 Å². The molecule has 0 amide bonds. The lowest BCUT2D eigenvalue weighted by Crippen LogP contribution is -2.44. The quantitative estimate of drug-likeness (QED) is 0.639. The van der Waals surface area contributed by atoms with Gasteiger partial charge in [0.2, 0.25) is 0 Å². The van der Waals surface area contributed by atoms with Crippen LogP contribution in [0.5, 0.6) is 0 Å². The van der Waals surface area contributed by atoms with Gasteiger partial charge in [0.15, 0.2) is 0 Å². The Morgan fingerprint density at radius 1 is 1.12 bits per heavy atom. The van der Waals surface area contributed by atoms with Crippen molar-refractivity contribution in [2.24, 2.45) is 0 Å². The van der Waals surface area contributed by atoms with E-state index in [2.05, 4.69) is 15.2 Å². The van der Waals surface area contributed by atoms with E-state index in [0.29, 0.717) is 31.2 Å². The Morgan fingerprint density at radius 3 is 2.59 bits per heavy atom. The van der Waals surface area contributed by atoms with Crippen LogP contribution < -0.4 is 16.4 Å². The van der Waals surface area contributed by atoms with Crippen LogP contribution in [0.2, 0.25) is 0 Å². The molecule has 8 heteroatoms. The van der Waals surface area contributed by atoms with Crippen molar-refractivity contribution < 1.29 is 4.39 Å². The lowest BCUT2D eigenvalue weighted by atomic mass is 10.0. The van der Waals surface area contributed by atoms with Crippen molar-refractivity contribution in [3.05, 3.63) is 74.3 Å². The van der Waals surface area contributed by atoms with Crippen molar-refractivity contribution in [2.45, 2.75) is 51.4 Å². The highest BCUT2D eigenvalue weighted by Crippen LogP contribution is 2.25. The van der Waals surface area contributed by atoms with Gasteiger partial charge in [0.05, 0.1) is 11.7 Å². The molecule has 0 aliphatic carbocycles. The Labute approximate surface area is 185 Å². The van der Waals surface area contributed by atoms with Crippen LogP contribution in [0.3, 0.4) is 0 Å². The Balaban J connectivity index is 1.19. The van der Waals surface area contributed by atoms with Crippen molar-refractivity contribution >= 4 is 11.0 Å². The van der Waals surface area contributed by atoms with E-state index in [0.717, 1.165) is 49.1 Å². The Hall–Kier alpha value is -2.84. The van der Waals surface area contributed by atoms with Crippen LogP contribution in [0.25, 0.3) is 11.0 Å². The lowest BCUT2D eigenvalue weighted by Gasteiger charge is -2.34. The molecule has 0 spiro atoms. The predicted molar refractivity (Wildman–Crippen MR) is 121 cm³/mol. The number of rotatable bonds is 6. The lowest BCUT2D eigenvalue weighted by molar-refractivity contribution is 0.171. The highest BCUT2D eigenvalue weighted by atomic mass is 19.1. The zero-order chi connectivity index (χ0) is 22.2. The first-order valence-corrected chi connectivity index (χ1v) is 11.4. The third-order valence-corrected chi connectivity index (χ3v) is 6.78. The van der Waals surface area contributed by atoms with E-state index >= 15 is 0 Å². The van der Waals surface area contributed by atoms with Crippen LogP contribution in [-0.2, 0) is 19.5 Å². The van der Waals surface area contributed by atoms with Crippen molar-refractivity contribution in [1.82, 2.24) is 24.3 Å². The van der Waals surface area contributed by atoms with Gasteiger partial charge in [-0.1, -0.05) is 6.92 Å². The molecule has 5 rings (SSSR count). The monoisotopic (exact) mass is 437 g/mol. The molecule has 0 aromatic carbocycles. The number of nitrogens with one attached hydrogen (secondary N) is 1. The van der Waals surface area contributed by atoms with Gasteiger partial charge in [-0.15, -0.1) is 0 Å². The van der Waals surface area contributed by atoms with Crippen LogP contribution >= 0.6 is 0 Å². The molecule has 3 aromatic heterocycles. The van der Waals surface area contributed by atoms with E-state index in [1.54, 1.807) is 45.7 Å². The molecule has 0 bridgehead atoms. The summed E-state index contributed by atoms with van der Waals surface area (Å²) in [5.74, 6) is -0.233. The van der Waals surface area contributed by atoms with Crippen molar-refractivity contribution in [2.75, 3.05) is 19.6 Å². The van der Waals surface area contributed by atoms with E-state index in [4.69, 9.17) is 0 Å². The highest BCUT2D eigenvalue weighted by Gasteiger charge is 2.29. The largest absolute Gasteiger partial charge is 0.310 e. The minimum Gasteiger partial charge on any atom is -0.310 e. The fourth-order valence-corrected chi connectivity index (χ4v) is 5.03. The van der Waals surface area contributed by atoms with Gasteiger partial charge < -0.3 is 10.2 Å². The van der Waals surface area contributed by atoms with Gasteiger partial charge >= 0.3 is 0 Å². The number of aryl methyl sites for hydroxylation is 1. The Bertz CT molecular complexity index is 1250. The molecule has 3 aromatic rings. The van der Waals surface area contributed by atoms with Crippen LogP contribution in [0, 0.1) is 5.82 Å². The number of piperidine rings is 1. The summed E-state index contributed by atoms with van der Waals surface area (Å²) in [5.41, 5.74) is 2.00. The maximum atomic E-state index is 14.0. The summed E-state index contributed by atoms with van der Waals surface area (Å²) >= 11 is 0. The topological polar surface area (TPSA) is 72.2 Å². The second kappa shape index (κ2) is 8.60. The first-order chi connectivity index (χ1) is 15.5. The molecule has 0 radical (unpaired) electrons. The van der Waals surface area contributed by atoms with Gasteiger partial charge in [0.1, 0.15) is 11.5 Å². The number of aromatic nitrogens is 3. The average Bonchev–Trinajstić information content (AvgIpc) is 3.19. The molecule has 32 heavy (non-hydrogen) atoms. The van der Waals surface area contributed by atoms with E-state index in [9.17, 15) is 14.0 Å². The number of halogens is 1. The Kier molecular flexibility index (Phi) is 5.65. The molecule has 7 nitrogen and oxygen atoms in total. The maximum Gasteiger partial charge on any atom is 0.252 e. The molecule has 5 heterocycles. The van der Waals surface area contributed by atoms with Crippen molar-refractivity contribution in [3.63, 3.8) is 0 Å². The summed E-state index contributed by atoms with van der Waals surface area (Å²) in [7, 11) is 0. The fraction of sp³-hybridized carbons (Fsp3) is 0.458. The van der Waals surface area contributed by atoms with Crippen LogP contribution in [0.1, 0.15) is 37.1 Å². The molecule has 0 unspecified atom stereocenters. The summed E-state index contributed by atoms with van der Waals surface area (Å²) in [5, 5.41) is 4.45. The molecule has 1 fully saturated rings. The average molecular weight is 438 g/mol. The van der Waals surface area contributed by atoms with E-state index in [1.807, 2.05) is 6.92 Å². The third kappa shape index (κ3) is 3.89. The summed E-state index contributed by atoms with van der Waals surface area (Å²) in [4.78, 5) is 31.5. The number of likely N-dealkylation sites (tertiary alicyclic amines) is 1. The Morgan fingerprint density at radius 2 is 1.88 bits per heavy atom. The normalized spacial score (nSPS) is 19.1. The number of hydrogen-bond acceptors (Lipinski definition) is 5. The van der Waals surface area contributed by atoms with Gasteiger partial charge in [-0.05, 0) is 56.1 Å². The number of pyridine rings is 3. The summed E-state index contributed by atoms with van der Waals surface area (Å²) in [6.07, 6.45) is 4.32. The van der Waals surface area contributed by atoms with E-state index < -0.39 is 0 Å². The molecule has 168 valence electrons. The van der Waals surface area contributed by atoms with Gasteiger partial charge in [-0.2, -0.15) is 0 Å². The SMILES string of the molecule is CCc1ncc(CNC2CCN(C[C@@H]3Cn4c(=O)ccc5ccc(=O)n3c54)CC2)cc1F. The first kappa shape index (κ1) is 21.0. The maximum absolute atomic E-state index is 14.0. The van der Waals surface area contributed by atoms with Crippen LogP contribution in [-0.4, -0.2) is 44.7 Å². The summed E-state index contributed by atoms with van der Waals surface area (Å²) in [6, 6.07) is 8.67. The standard InChI is InChI=1S/C24H28FN5O2/c1-2-21-20(25)11-16(13-27-21)12-26-18-7-9-28(10-8-18)14-19-15-29-22(31)5-3-17-4-6-23(32)30(19)24(17)29/h3-6,11,13,18-19,26H,2,7-10,12,14-15H2,1H3/t19-/m1/s1. The summed E-state index contributed by atoms with van der Waals surface area (Å²) < 4.78 is 17.5. The first-order valence-electron chi connectivity index (χ1n) is 11.4. The number of nitrogens with zero attached hydrogens (tertiary/aromatic N) is 4. The van der Waals surface area contributed by atoms with Crippen molar-refractivity contribution in [3.8, 4) is 0 Å². The molecule has 1 N–H and O–H groups in total. The zero-order valence-electron chi connectivity index (χ0n) is 18.3. The van der Waals surface area contributed by atoms with Gasteiger partial charge in [-0.3, -0.25) is 23.7 Å². The molecule has 0 saturated carbocycles. The van der Waals surface area contributed by atoms with Crippen molar-refractivity contribution in [1.29, 1.82) is 0 Å². The second-order valence-corrected chi connectivity index (χ2v) is 8.84. The van der Waals surface area contributed by atoms with Gasteiger partial charge in [-0.25, -0.2) is 4.39 Å². The molecule has 1 saturated heterocycles. The molecule has 2 aliphatic heterocycles. The second-order valence-electron chi connectivity index (χ2n) is 8.84. The minimum atomic E-state index is -0.233. The predicted octanol–water partition coefficient (Wildman–Crippen LogP) is 2.07. The summed E-state index contributed by atoms with van der Waals surface area (Å²) in [6.45, 7) is 5.64.